The number of alkyl carbamates (subject to hydrolysis) is 1. The van der Waals surface area contributed by atoms with Crippen LogP contribution in [0.4, 0.5) is 19.9 Å². The molecule has 5 rings (SSSR count). The lowest BCUT2D eigenvalue weighted by Gasteiger charge is -2.39. The van der Waals surface area contributed by atoms with Crippen LogP contribution in [0.3, 0.4) is 0 Å². The molecule has 9 nitrogen and oxygen atoms in total. The molecule has 0 spiro atoms. The molecular formula is C28H34FIN6O3S. The third kappa shape index (κ3) is 5.97. The Morgan fingerprint density at radius 3 is 2.65 bits per heavy atom. The molecule has 0 saturated carbocycles. The molecule has 1 aromatic carbocycles. The van der Waals surface area contributed by atoms with Crippen LogP contribution in [0.2, 0.25) is 0 Å². The second-order valence-electron chi connectivity index (χ2n) is 12.3. The quantitative estimate of drug-likeness (QED) is 0.322. The van der Waals surface area contributed by atoms with Crippen molar-refractivity contribution in [3.05, 3.63) is 44.5 Å². The summed E-state index contributed by atoms with van der Waals surface area (Å²) in [5.74, 6) is 1.18. The molecule has 12 heteroatoms. The number of amides is 2. The summed E-state index contributed by atoms with van der Waals surface area (Å²) in [6.45, 7) is 13.9. The second kappa shape index (κ2) is 10.6. The van der Waals surface area contributed by atoms with E-state index >= 15 is 0 Å². The van der Waals surface area contributed by atoms with Gasteiger partial charge in [0.05, 0.1) is 16.1 Å². The average molecular weight is 681 g/mol. The third-order valence-corrected chi connectivity index (χ3v) is 8.77. The van der Waals surface area contributed by atoms with E-state index in [2.05, 4.69) is 61.8 Å². The highest BCUT2D eigenvalue weighted by Gasteiger charge is 2.39. The van der Waals surface area contributed by atoms with Crippen LogP contribution in [0.1, 0.15) is 56.4 Å². The molecule has 2 aromatic heterocycles. The van der Waals surface area contributed by atoms with Gasteiger partial charge in [-0.25, -0.2) is 9.18 Å². The largest absolute Gasteiger partial charge is 0.444 e. The molecule has 2 amide bonds. The highest BCUT2D eigenvalue weighted by Crippen LogP contribution is 2.47. The Morgan fingerprint density at radius 1 is 1.25 bits per heavy atom. The van der Waals surface area contributed by atoms with E-state index in [4.69, 9.17) is 4.74 Å². The minimum absolute atomic E-state index is 0.111. The first-order valence-corrected chi connectivity index (χ1v) is 15.1. The van der Waals surface area contributed by atoms with Gasteiger partial charge in [0.25, 0.3) is 5.91 Å². The first kappa shape index (κ1) is 28.8. The third-order valence-electron chi connectivity index (χ3n) is 6.96. The van der Waals surface area contributed by atoms with E-state index in [1.54, 1.807) is 11.0 Å². The van der Waals surface area contributed by atoms with Crippen molar-refractivity contribution in [3.63, 3.8) is 0 Å². The predicted molar refractivity (Wildman–Crippen MR) is 162 cm³/mol. The summed E-state index contributed by atoms with van der Waals surface area (Å²) >= 11 is 3.49. The summed E-state index contributed by atoms with van der Waals surface area (Å²) in [5.41, 5.74) is 1.04. The van der Waals surface area contributed by atoms with Crippen molar-refractivity contribution in [2.45, 2.75) is 60.1 Å². The number of nitrogens with zero attached hydrogens (tertiary/aromatic N) is 4. The molecule has 2 aliphatic rings. The van der Waals surface area contributed by atoms with Crippen LogP contribution in [0.15, 0.2) is 18.2 Å². The maximum absolute atomic E-state index is 14.9. The highest BCUT2D eigenvalue weighted by atomic mass is 127. The molecule has 3 aromatic rings. The van der Waals surface area contributed by atoms with Gasteiger partial charge in [0.15, 0.2) is 5.82 Å². The van der Waals surface area contributed by atoms with Crippen LogP contribution in [0.25, 0.3) is 10.7 Å². The number of rotatable bonds is 5. The topological polar surface area (TPSA) is 101 Å². The molecule has 0 unspecified atom stereocenters. The zero-order chi connectivity index (χ0) is 29.0. The predicted octanol–water partition coefficient (Wildman–Crippen LogP) is 5.98. The highest BCUT2D eigenvalue weighted by molar-refractivity contribution is 14.1. The molecule has 0 atom stereocenters. The number of ether oxygens (including phenoxy) is 1. The molecule has 4 heterocycles. The Kier molecular flexibility index (Phi) is 7.62. The fourth-order valence-electron chi connectivity index (χ4n) is 5.11. The fourth-order valence-corrected chi connectivity index (χ4v) is 6.78. The van der Waals surface area contributed by atoms with Gasteiger partial charge >= 0.3 is 6.09 Å². The maximum Gasteiger partial charge on any atom is 0.407 e. The Labute approximate surface area is 251 Å². The van der Waals surface area contributed by atoms with Gasteiger partial charge in [-0.3, -0.25) is 4.79 Å². The number of likely N-dealkylation sites (tertiary alicyclic amines) is 1. The lowest BCUT2D eigenvalue weighted by Crippen LogP contribution is -2.54. The van der Waals surface area contributed by atoms with Gasteiger partial charge in [-0.05, 0) is 85.9 Å². The van der Waals surface area contributed by atoms with Gasteiger partial charge in [0.2, 0.25) is 0 Å². The molecule has 2 N–H and O–H groups in total. The molecule has 40 heavy (non-hydrogen) atoms. The summed E-state index contributed by atoms with van der Waals surface area (Å²) in [6, 6.07) is 4.98. The van der Waals surface area contributed by atoms with Crippen LogP contribution in [-0.4, -0.2) is 56.9 Å². The molecular weight excluding hydrogens is 646 g/mol. The molecule has 1 saturated heterocycles. The number of hydrogen-bond donors (Lipinski definition) is 2. The summed E-state index contributed by atoms with van der Waals surface area (Å²) in [5, 5.41) is 15.4. The number of carbonyl (C=O) groups is 2. The molecule has 0 bridgehead atoms. The number of carbonyl (C=O) groups excluding carboxylic acids is 2. The fraction of sp³-hybridized carbons (Fsp3) is 0.500. The van der Waals surface area contributed by atoms with E-state index in [1.807, 2.05) is 33.8 Å². The van der Waals surface area contributed by atoms with Crippen molar-refractivity contribution < 1.29 is 18.7 Å². The van der Waals surface area contributed by atoms with Gasteiger partial charge in [0.1, 0.15) is 22.2 Å². The number of thiophene rings is 1. The molecule has 1 fully saturated rings. The van der Waals surface area contributed by atoms with Gasteiger partial charge in [-0.15, -0.1) is 21.5 Å². The van der Waals surface area contributed by atoms with E-state index < -0.39 is 11.7 Å². The van der Waals surface area contributed by atoms with Crippen LogP contribution in [-0.2, 0) is 17.7 Å². The van der Waals surface area contributed by atoms with Crippen molar-refractivity contribution in [3.8, 4) is 10.7 Å². The average Bonchev–Trinajstić information content (AvgIpc) is 3.28. The number of benzene rings is 1. The molecule has 0 radical (unpaired) electrons. The van der Waals surface area contributed by atoms with E-state index in [0.29, 0.717) is 42.3 Å². The normalized spacial score (nSPS) is 16.4. The summed E-state index contributed by atoms with van der Waals surface area (Å²) in [7, 11) is 0. The molecule has 214 valence electrons. The number of hydrogen-bond acceptors (Lipinski definition) is 7. The van der Waals surface area contributed by atoms with Gasteiger partial charge in [-0.1, -0.05) is 13.8 Å². The van der Waals surface area contributed by atoms with Crippen LogP contribution in [0, 0.1) is 27.6 Å². The number of anilines is 2. The van der Waals surface area contributed by atoms with Crippen molar-refractivity contribution in [2.75, 3.05) is 25.0 Å². The van der Waals surface area contributed by atoms with Crippen LogP contribution in [0.5, 0.6) is 0 Å². The smallest absolute Gasteiger partial charge is 0.407 e. The van der Waals surface area contributed by atoms with Gasteiger partial charge in [-0.2, -0.15) is 0 Å². The van der Waals surface area contributed by atoms with E-state index in [0.717, 1.165) is 32.2 Å². The first-order chi connectivity index (χ1) is 18.7. The minimum Gasteiger partial charge on any atom is -0.444 e. The van der Waals surface area contributed by atoms with E-state index in [9.17, 15) is 14.0 Å². The number of fused-ring (bicyclic) bond motifs is 3. The second-order valence-corrected chi connectivity index (χ2v) is 14.6. The Bertz CT molecular complexity index is 1470. The summed E-state index contributed by atoms with van der Waals surface area (Å²) < 4.78 is 23.1. The number of nitrogens with one attached hydrogen (secondary N) is 2. The first-order valence-electron chi connectivity index (χ1n) is 13.2. The van der Waals surface area contributed by atoms with Gasteiger partial charge < -0.3 is 24.8 Å². The standard InChI is InChI=1S/C28H34FIN6O3S/c1-15-33-34-23-22-18(10-28(5,6)14-36(15)23)21(24(40-22)32-20-8-7-17(30)9-19(20)29)25(37)35-12-16(13-35)11-31-26(38)39-27(2,3)4/h7-9,16,32H,10-14H2,1-6H3,(H,31,38). The lowest BCUT2D eigenvalue weighted by atomic mass is 9.84. The van der Waals surface area contributed by atoms with Crippen molar-refractivity contribution in [2.24, 2.45) is 11.3 Å². The summed E-state index contributed by atoms with van der Waals surface area (Å²) in [4.78, 5) is 28.8. The Morgan fingerprint density at radius 2 is 1.98 bits per heavy atom. The number of aromatic nitrogens is 3. The molecule has 0 aliphatic carbocycles. The van der Waals surface area contributed by atoms with Crippen LogP contribution >= 0.6 is 33.9 Å². The van der Waals surface area contributed by atoms with Crippen LogP contribution < -0.4 is 10.6 Å². The Balaban J connectivity index is 1.45. The minimum atomic E-state index is -0.571. The zero-order valence-corrected chi connectivity index (χ0v) is 26.5. The number of halogens is 2. The Hall–Kier alpha value is -2.74. The number of aryl methyl sites for hydroxylation is 1. The lowest BCUT2D eigenvalue weighted by molar-refractivity contribution is 0.0421. The maximum atomic E-state index is 14.9. The van der Waals surface area contributed by atoms with Crippen molar-refractivity contribution >= 4 is 56.6 Å². The van der Waals surface area contributed by atoms with Crippen molar-refractivity contribution in [1.29, 1.82) is 0 Å². The van der Waals surface area contributed by atoms with Crippen molar-refractivity contribution in [1.82, 2.24) is 25.0 Å². The van der Waals surface area contributed by atoms with E-state index in [-0.39, 0.29) is 23.1 Å². The molecule has 2 aliphatic heterocycles. The summed E-state index contributed by atoms with van der Waals surface area (Å²) in [6.07, 6.45) is 0.199. The van der Waals surface area contributed by atoms with E-state index in [1.165, 1.54) is 17.4 Å². The van der Waals surface area contributed by atoms with Gasteiger partial charge in [0, 0.05) is 35.7 Å². The zero-order valence-electron chi connectivity index (χ0n) is 23.5. The SMILES string of the molecule is Cc1nnc2n1CC(C)(C)Cc1c-2sc(Nc2ccc(I)cc2F)c1C(=O)N1CC(CNC(=O)OC(C)(C)C)C1. The monoisotopic (exact) mass is 680 g/mol.